The first-order valence-electron chi connectivity index (χ1n) is 6.50. The fourth-order valence-corrected chi connectivity index (χ4v) is 2.07. The van der Waals surface area contributed by atoms with E-state index in [-0.39, 0.29) is 35.2 Å². The lowest BCUT2D eigenvalue weighted by molar-refractivity contribution is -0.136. The van der Waals surface area contributed by atoms with Crippen molar-refractivity contribution in [3.63, 3.8) is 0 Å². The number of aliphatic carboxylic acids is 1. The normalized spacial score (nSPS) is 11.5. The number of benzene rings is 2. The summed E-state index contributed by atoms with van der Waals surface area (Å²) in [4.78, 5) is 10.5. The van der Waals surface area contributed by atoms with Crippen LogP contribution in [0.25, 0.3) is 11.1 Å². The molecular formula is C16H13F2NO3. The van der Waals surface area contributed by atoms with Crippen LogP contribution in [0.2, 0.25) is 0 Å². The van der Waals surface area contributed by atoms with Gasteiger partial charge in [-0.1, -0.05) is 35.5 Å². The van der Waals surface area contributed by atoms with E-state index in [4.69, 9.17) is 10.3 Å². The van der Waals surface area contributed by atoms with Gasteiger partial charge in [0, 0.05) is 23.1 Å². The smallest absolute Gasteiger partial charge is 0.303 e. The molecule has 2 aromatic rings. The summed E-state index contributed by atoms with van der Waals surface area (Å²) in [5.41, 5.74) is 0.514. The van der Waals surface area contributed by atoms with Crippen molar-refractivity contribution in [2.45, 2.75) is 12.8 Å². The Morgan fingerprint density at radius 1 is 1.00 bits per heavy atom. The summed E-state index contributed by atoms with van der Waals surface area (Å²) in [7, 11) is 0. The lowest BCUT2D eigenvalue weighted by Gasteiger charge is -2.08. The van der Waals surface area contributed by atoms with Crippen LogP contribution in [0.5, 0.6) is 0 Å². The van der Waals surface area contributed by atoms with Crippen LogP contribution in [0, 0.1) is 11.6 Å². The third kappa shape index (κ3) is 3.46. The summed E-state index contributed by atoms with van der Waals surface area (Å²) >= 11 is 0. The molecule has 114 valence electrons. The standard InChI is InChI=1S/C16H13F2NO3/c17-13-4-2-1-3-11(13)12-6-5-10(9-14(12)18)15(19-22)7-8-16(20)21/h1-6,9,22H,7-8H2,(H,20,21). The summed E-state index contributed by atoms with van der Waals surface area (Å²) in [5.74, 6) is -2.28. The van der Waals surface area contributed by atoms with Gasteiger partial charge in [0.1, 0.15) is 11.6 Å². The largest absolute Gasteiger partial charge is 0.481 e. The van der Waals surface area contributed by atoms with Crippen molar-refractivity contribution < 1.29 is 23.9 Å². The topological polar surface area (TPSA) is 69.9 Å². The second-order valence-electron chi connectivity index (χ2n) is 4.61. The van der Waals surface area contributed by atoms with Crippen molar-refractivity contribution in [3.8, 4) is 11.1 Å². The third-order valence-corrected chi connectivity index (χ3v) is 3.16. The van der Waals surface area contributed by atoms with Crippen molar-refractivity contribution in [1.82, 2.24) is 0 Å². The molecule has 0 radical (unpaired) electrons. The highest BCUT2D eigenvalue weighted by Crippen LogP contribution is 2.26. The van der Waals surface area contributed by atoms with Crippen LogP contribution in [0.1, 0.15) is 18.4 Å². The Balaban J connectivity index is 2.34. The highest BCUT2D eigenvalue weighted by atomic mass is 19.1. The van der Waals surface area contributed by atoms with E-state index in [2.05, 4.69) is 5.16 Å². The minimum absolute atomic E-state index is 0.0374. The molecule has 0 atom stereocenters. The molecule has 0 unspecified atom stereocenters. The molecule has 0 heterocycles. The number of halogens is 2. The SMILES string of the molecule is O=C(O)CCC(=NO)c1ccc(-c2ccccc2F)c(F)c1. The van der Waals surface area contributed by atoms with Gasteiger partial charge in [-0.2, -0.15) is 0 Å². The van der Waals surface area contributed by atoms with Crippen LogP contribution in [-0.2, 0) is 4.79 Å². The first kappa shape index (κ1) is 15.6. The average molecular weight is 305 g/mol. The fourth-order valence-electron chi connectivity index (χ4n) is 2.07. The molecule has 0 aliphatic heterocycles. The quantitative estimate of drug-likeness (QED) is 0.503. The molecule has 6 heteroatoms. The lowest BCUT2D eigenvalue weighted by Crippen LogP contribution is -2.06. The van der Waals surface area contributed by atoms with E-state index in [1.807, 2.05) is 0 Å². The number of nitrogens with zero attached hydrogens (tertiary/aromatic N) is 1. The van der Waals surface area contributed by atoms with Crippen molar-refractivity contribution in [1.29, 1.82) is 0 Å². The van der Waals surface area contributed by atoms with E-state index >= 15 is 0 Å². The molecule has 0 aliphatic rings. The first-order chi connectivity index (χ1) is 10.5. The van der Waals surface area contributed by atoms with Gasteiger partial charge in [0.05, 0.1) is 12.1 Å². The van der Waals surface area contributed by atoms with Crippen LogP contribution >= 0.6 is 0 Å². The van der Waals surface area contributed by atoms with E-state index < -0.39 is 17.6 Å². The predicted octanol–water partition coefficient (Wildman–Crippen LogP) is 3.67. The maximum Gasteiger partial charge on any atom is 0.303 e. The number of carboxylic acids is 1. The minimum Gasteiger partial charge on any atom is -0.481 e. The van der Waals surface area contributed by atoms with Gasteiger partial charge in [-0.3, -0.25) is 4.79 Å². The van der Waals surface area contributed by atoms with E-state index in [0.717, 1.165) is 6.07 Å². The Morgan fingerprint density at radius 3 is 2.27 bits per heavy atom. The molecule has 2 N–H and O–H groups in total. The van der Waals surface area contributed by atoms with E-state index in [9.17, 15) is 13.6 Å². The second-order valence-corrected chi connectivity index (χ2v) is 4.61. The molecule has 2 aromatic carbocycles. The molecule has 0 saturated carbocycles. The van der Waals surface area contributed by atoms with Gasteiger partial charge in [-0.25, -0.2) is 8.78 Å². The molecule has 0 fully saturated rings. The maximum atomic E-state index is 14.2. The number of hydrogen-bond acceptors (Lipinski definition) is 3. The Labute approximate surface area is 125 Å². The second kappa shape index (κ2) is 6.80. The van der Waals surface area contributed by atoms with Crippen LogP contribution in [-0.4, -0.2) is 22.0 Å². The molecule has 0 saturated heterocycles. The van der Waals surface area contributed by atoms with Crippen molar-refractivity contribution in [2.24, 2.45) is 5.16 Å². The zero-order valence-corrected chi connectivity index (χ0v) is 11.5. The Kier molecular flexibility index (Phi) is 4.83. The Morgan fingerprint density at radius 2 is 1.68 bits per heavy atom. The number of carboxylic acid groups (broad SMARTS) is 1. The summed E-state index contributed by atoms with van der Waals surface area (Å²) in [5, 5.41) is 20.6. The molecule has 0 aliphatic carbocycles. The zero-order chi connectivity index (χ0) is 16.1. The molecule has 22 heavy (non-hydrogen) atoms. The fraction of sp³-hybridized carbons (Fsp3) is 0.125. The number of carbonyl (C=O) groups is 1. The molecule has 0 bridgehead atoms. The van der Waals surface area contributed by atoms with Crippen LogP contribution < -0.4 is 0 Å². The van der Waals surface area contributed by atoms with E-state index in [0.29, 0.717) is 0 Å². The maximum absolute atomic E-state index is 14.2. The molecule has 4 nitrogen and oxygen atoms in total. The first-order valence-corrected chi connectivity index (χ1v) is 6.50. The van der Waals surface area contributed by atoms with Gasteiger partial charge in [-0.05, 0) is 12.1 Å². The van der Waals surface area contributed by atoms with Gasteiger partial charge in [0.15, 0.2) is 0 Å². The van der Waals surface area contributed by atoms with Gasteiger partial charge in [0.2, 0.25) is 0 Å². The van der Waals surface area contributed by atoms with Gasteiger partial charge >= 0.3 is 5.97 Å². The van der Waals surface area contributed by atoms with Gasteiger partial charge in [-0.15, -0.1) is 0 Å². The number of rotatable bonds is 5. The highest BCUT2D eigenvalue weighted by molar-refractivity contribution is 6.01. The molecule has 0 amide bonds. The average Bonchev–Trinajstić information content (AvgIpc) is 2.49. The third-order valence-electron chi connectivity index (χ3n) is 3.16. The summed E-state index contributed by atoms with van der Waals surface area (Å²) in [6, 6.07) is 9.72. The summed E-state index contributed by atoms with van der Waals surface area (Å²) < 4.78 is 27.9. The molecule has 0 spiro atoms. The van der Waals surface area contributed by atoms with E-state index in [1.54, 1.807) is 6.07 Å². The van der Waals surface area contributed by atoms with Crippen molar-refractivity contribution in [3.05, 3.63) is 59.7 Å². The van der Waals surface area contributed by atoms with E-state index in [1.165, 1.54) is 30.3 Å². The van der Waals surface area contributed by atoms with Crippen molar-refractivity contribution >= 4 is 11.7 Å². The number of oxime groups is 1. The zero-order valence-electron chi connectivity index (χ0n) is 11.5. The molecule has 0 aromatic heterocycles. The Bertz CT molecular complexity index is 729. The van der Waals surface area contributed by atoms with Crippen LogP contribution in [0.4, 0.5) is 8.78 Å². The van der Waals surface area contributed by atoms with Crippen LogP contribution in [0.15, 0.2) is 47.6 Å². The highest BCUT2D eigenvalue weighted by Gasteiger charge is 2.13. The Hall–Kier alpha value is -2.76. The predicted molar refractivity (Wildman–Crippen MR) is 77.0 cm³/mol. The number of hydrogen-bond donors (Lipinski definition) is 2. The lowest BCUT2D eigenvalue weighted by atomic mass is 9.99. The summed E-state index contributed by atoms with van der Waals surface area (Å²) in [6.07, 6.45) is -0.277. The summed E-state index contributed by atoms with van der Waals surface area (Å²) in [6.45, 7) is 0. The van der Waals surface area contributed by atoms with Gasteiger partial charge < -0.3 is 10.3 Å². The van der Waals surface area contributed by atoms with Crippen LogP contribution in [0.3, 0.4) is 0 Å². The van der Waals surface area contributed by atoms with Gasteiger partial charge in [0.25, 0.3) is 0 Å². The monoisotopic (exact) mass is 305 g/mol. The molecular weight excluding hydrogens is 292 g/mol. The van der Waals surface area contributed by atoms with Crippen molar-refractivity contribution in [2.75, 3.05) is 0 Å². The molecule has 2 rings (SSSR count). The minimum atomic E-state index is -1.05.